The summed E-state index contributed by atoms with van der Waals surface area (Å²) in [6, 6.07) is -0.101. The summed E-state index contributed by atoms with van der Waals surface area (Å²) in [5, 5.41) is 4.17. The van der Waals surface area contributed by atoms with E-state index in [0.717, 1.165) is 10.6 Å². The highest BCUT2D eigenvalue weighted by atomic mass is 32.2. The van der Waals surface area contributed by atoms with Crippen LogP contribution >= 0.6 is 11.5 Å². The van der Waals surface area contributed by atoms with Crippen molar-refractivity contribution in [2.45, 2.75) is 45.1 Å². The first kappa shape index (κ1) is 16.5. The SMILES string of the molecule is CC(C)(C)c1nnsc1C(CCCS(C)(=O)=O)NN. The minimum Gasteiger partial charge on any atom is -0.271 e. The Hall–Kier alpha value is -0.570. The lowest BCUT2D eigenvalue weighted by Crippen LogP contribution is -2.30. The molecule has 8 heteroatoms. The molecule has 0 aliphatic heterocycles. The summed E-state index contributed by atoms with van der Waals surface area (Å²) in [6.45, 7) is 6.20. The summed E-state index contributed by atoms with van der Waals surface area (Å²) in [6.07, 6.45) is 2.46. The Morgan fingerprint density at radius 2 is 2.05 bits per heavy atom. The number of nitrogens with two attached hydrogens (primary N) is 1. The fourth-order valence-electron chi connectivity index (χ4n) is 1.79. The van der Waals surface area contributed by atoms with Crippen LogP contribution in [0.4, 0.5) is 0 Å². The van der Waals surface area contributed by atoms with Crippen molar-refractivity contribution in [1.82, 2.24) is 15.0 Å². The van der Waals surface area contributed by atoms with Gasteiger partial charge in [0.2, 0.25) is 0 Å². The topological polar surface area (TPSA) is 98.0 Å². The van der Waals surface area contributed by atoms with Crippen molar-refractivity contribution in [3.63, 3.8) is 0 Å². The molecule has 1 aromatic rings. The third-order valence-electron chi connectivity index (χ3n) is 2.75. The second-order valence-electron chi connectivity index (χ2n) is 5.73. The Bertz CT molecular complexity index is 505. The summed E-state index contributed by atoms with van der Waals surface area (Å²) in [5.74, 6) is 5.75. The smallest absolute Gasteiger partial charge is 0.147 e. The molecule has 1 atom stereocenters. The second kappa shape index (κ2) is 6.25. The lowest BCUT2D eigenvalue weighted by atomic mass is 9.89. The molecule has 19 heavy (non-hydrogen) atoms. The van der Waals surface area contributed by atoms with Crippen molar-refractivity contribution in [2.24, 2.45) is 5.84 Å². The Balaban J connectivity index is 2.78. The normalized spacial score (nSPS) is 14.6. The standard InChI is InChI=1S/C11H22N4O2S2/c1-11(2,3)10-9(18-15-14-10)8(13-12)6-5-7-19(4,16)17/h8,13H,5-7,12H2,1-4H3. The van der Waals surface area contributed by atoms with E-state index in [1.54, 1.807) is 0 Å². The number of hydrogen-bond donors (Lipinski definition) is 2. The van der Waals surface area contributed by atoms with Crippen LogP contribution in [-0.4, -0.2) is 30.0 Å². The van der Waals surface area contributed by atoms with Gasteiger partial charge in [-0.15, -0.1) is 5.10 Å². The van der Waals surface area contributed by atoms with Gasteiger partial charge in [0.25, 0.3) is 0 Å². The molecule has 0 spiro atoms. The van der Waals surface area contributed by atoms with Gasteiger partial charge in [-0.2, -0.15) is 0 Å². The second-order valence-corrected chi connectivity index (χ2v) is 8.77. The Labute approximate surface area is 118 Å². The number of nitrogens with one attached hydrogen (secondary N) is 1. The largest absolute Gasteiger partial charge is 0.271 e. The first-order chi connectivity index (χ1) is 8.65. The van der Waals surface area contributed by atoms with E-state index in [1.807, 2.05) is 0 Å². The summed E-state index contributed by atoms with van der Waals surface area (Å²) in [4.78, 5) is 0.989. The Morgan fingerprint density at radius 1 is 1.42 bits per heavy atom. The van der Waals surface area contributed by atoms with Gasteiger partial charge >= 0.3 is 0 Å². The van der Waals surface area contributed by atoms with Crippen molar-refractivity contribution >= 4 is 21.4 Å². The summed E-state index contributed by atoms with van der Waals surface area (Å²) < 4.78 is 26.3. The molecule has 1 aromatic heterocycles. The molecule has 3 N–H and O–H groups in total. The first-order valence-electron chi connectivity index (χ1n) is 6.11. The number of nitrogens with zero attached hydrogens (tertiary/aromatic N) is 2. The molecule has 0 aliphatic carbocycles. The van der Waals surface area contributed by atoms with Crippen LogP contribution in [-0.2, 0) is 15.3 Å². The predicted molar refractivity (Wildman–Crippen MR) is 77.6 cm³/mol. The van der Waals surface area contributed by atoms with E-state index in [1.165, 1.54) is 17.8 Å². The van der Waals surface area contributed by atoms with Gasteiger partial charge in [-0.25, -0.2) is 8.42 Å². The summed E-state index contributed by atoms with van der Waals surface area (Å²) >= 11 is 1.31. The zero-order valence-corrected chi connectivity index (χ0v) is 13.4. The molecule has 0 fully saturated rings. The fourth-order valence-corrected chi connectivity index (χ4v) is 3.43. The van der Waals surface area contributed by atoms with Gasteiger partial charge in [0.05, 0.1) is 16.6 Å². The molecule has 0 amide bonds. The van der Waals surface area contributed by atoms with Gasteiger partial charge in [-0.1, -0.05) is 25.3 Å². The van der Waals surface area contributed by atoms with Crippen molar-refractivity contribution < 1.29 is 8.42 Å². The van der Waals surface area contributed by atoms with Crippen LogP contribution in [0.5, 0.6) is 0 Å². The maximum atomic E-state index is 11.1. The Kier molecular flexibility index (Phi) is 5.43. The average molecular weight is 306 g/mol. The van der Waals surface area contributed by atoms with Crippen molar-refractivity contribution in [2.75, 3.05) is 12.0 Å². The molecule has 0 saturated carbocycles. The molecule has 0 aliphatic rings. The number of hydrazine groups is 1. The van der Waals surface area contributed by atoms with E-state index in [2.05, 4.69) is 35.8 Å². The van der Waals surface area contributed by atoms with Gasteiger partial charge in [-0.3, -0.25) is 11.3 Å². The molecule has 0 bridgehead atoms. The number of sulfone groups is 1. The van der Waals surface area contributed by atoms with E-state index in [0.29, 0.717) is 12.8 Å². The Morgan fingerprint density at radius 3 is 2.53 bits per heavy atom. The van der Waals surface area contributed by atoms with Crippen LogP contribution in [0.1, 0.15) is 50.2 Å². The third kappa shape index (κ3) is 5.13. The van der Waals surface area contributed by atoms with Crippen molar-refractivity contribution in [3.05, 3.63) is 10.6 Å². The van der Waals surface area contributed by atoms with Crippen LogP contribution in [0.25, 0.3) is 0 Å². The maximum Gasteiger partial charge on any atom is 0.147 e. The molecule has 6 nitrogen and oxygen atoms in total. The van der Waals surface area contributed by atoms with Crippen LogP contribution in [0, 0.1) is 0 Å². The minimum atomic E-state index is -2.93. The van der Waals surface area contributed by atoms with E-state index in [9.17, 15) is 8.42 Å². The van der Waals surface area contributed by atoms with Crippen molar-refractivity contribution in [1.29, 1.82) is 0 Å². The van der Waals surface area contributed by atoms with E-state index in [-0.39, 0.29) is 17.2 Å². The molecule has 1 unspecified atom stereocenters. The lowest BCUT2D eigenvalue weighted by Gasteiger charge is -2.21. The molecule has 0 radical (unpaired) electrons. The molecule has 1 heterocycles. The monoisotopic (exact) mass is 306 g/mol. The highest BCUT2D eigenvalue weighted by Crippen LogP contribution is 2.31. The van der Waals surface area contributed by atoms with Crippen LogP contribution < -0.4 is 11.3 Å². The zero-order chi connectivity index (χ0) is 14.7. The fraction of sp³-hybridized carbons (Fsp3) is 0.818. The van der Waals surface area contributed by atoms with E-state index < -0.39 is 9.84 Å². The van der Waals surface area contributed by atoms with Crippen LogP contribution in [0.15, 0.2) is 0 Å². The summed E-state index contributed by atoms with van der Waals surface area (Å²) in [5.41, 5.74) is 3.55. The van der Waals surface area contributed by atoms with Gasteiger partial charge in [0.1, 0.15) is 9.84 Å². The highest BCUT2D eigenvalue weighted by molar-refractivity contribution is 7.90. The quantitative estimate of drug-likeness (QED) is 0.604. The average Bonchev–Trinajstić information content (AvgIpc) is 2.71. The summed E-state index contributed by atoms with van der Waals surface area (Å²) in [7, 11) is -2.93. The van der Waals surface area contributed by atoms with Gasteiger partial charge in [-0.05, 0) is 24.4 Å². The molecule has 0 saturated heterocycles. The highest BCUT2D eigenvalue weighted by Gasteiger charge is 2.26. The molecule has 110 valence electrons. The number of aromatic nitrogens is 2. The van der Waals surface area contributed by atoms with Crippen LogP contribution in [0.3, 0.4) is 0 Å². The molecule has 0 aromatic carbocycles. The van der Waals surface area contributed by atoms with Gasteiger partial charge in [0, 0.05) is 17.4 Å². The molecular weight excluding hydrogens is 284 g/mol. The van der Waals surface area contributed by atoms with Crippen LogP contribution in [0.2, 0.25) is 0 Å². The number of hydrogen-bond acceptors (Lipinski definition) is 7. The third-order valence-corrected chi connectivity index (χ3v) is 4.62. The first-order valence-corrected chi connectivity index (χ1v) is 8.95. The number of rotatable bonds is 6. The van der Waals surface area contributed by atoms with E-state index in [4.69, 9.17) is 5.84 Å². The lowest BCUT2D eigenvalue weighted by molar-refractivity contribution is 0.489. The predicted octanol–water partition coefficient (Wildman–Crippen LogP) is 1.16. The molecular formula is C11H22N4O2S2. The van der Waals surface area contributed by atoms with Crippen molar-refractivity contribution in [3.8, 4) is 0 Å². The maximum absolute atomic E-state index is 11.1. The molecule has 1 rings (SSSR count). The zero-order valence-electron chi connectivity index (χ0n) is 11.8. The van der Waals surface area contributed by atoms with Gasteiger partial charge in [0.15, 0.2) is 0 Å². The van der Waals surface area contributed by atoms with E-state index >= 15 is 0 Å². The van der Waals surface area contributed by atoms with Gasteiger partial charge < -0.3 is 0 Å². The minimum absolute atomic E-state index is 0.101.